The molecule has 0 aliphatic rings. The Bertz CT molecular complexity index is 1140. The van der Waals surface area contributed by atoms with Gasteiger partial charge in [-0.1, -0.05) is 72.5 Å². The normalized spacial score (nSPS) is 11.4. The van der Waals surface area contributed by atoms with E-state index in [0.717, 1.165) is 11.4 Å². The van der Waals surface area contributed by atoms with E-state index in [2.05, 4.69) is 97.3 Å². The van der Waals surface area contributed by atoms with Gasteiger partial charge in [-0.3, -0.25) is 0 Å². The van der Waals surface area contributed by atoms with Gasteiger partial charge in [-0.2, -0.15) is 0 Å². The molecule has 30 heavy (non-hydrogen) atoms. The molecule has 0 unspecified atom stereocenters. The monoisotopic (exact) mass is 431 g/mol. The van der Waals surface area contributed by atoms with Gasteiger partial charge >= 0.3 is 0 Å². The first-order chi connectivity index (χ1) is 14.6. The van der Waals surface area contributed by atoms with Crippen LogP contribution in [0.1, 0.15) is 18.3 Å². The number of rotatable bonds is 6. The van der Waals surface area contributed by atoms with Gasteiger partial charge in [0.25, 0.3) is 0 Å². The van der Waals surface area contributed by atoms with Gasteiger partial charge in [0, 0.05) is 28.4 Å². The van der Waals surface area contributed by atoms with E-state index in [-0.39, 0.29) is 0 Å². The van der Waals surface area contributed by atoms with Gasteiger partial charge < -0.3 is 9.30 Å². The number of hydrogen-bond donors (Lipinski definition) is 0. The molecule has 1 heterocycles. The number of ether oxygens (including phenoxy) is 1. The molecule has 0 saturated heterocycles. The largest absolute Gasteiger partial charge is 0.494 e. The Morgan fingerprint density at radius 3 is 1.83 bits per heavy atom. The summed E-state index contributed by atoms with van der Waals surface area (Å²) in [5.74, 6) is 0.891. The van der Waals surface area contributed by atoms with Crippen LogP contribution in [-0.4, -0.2) is 11.2 Å². The van der Waals surface area contributed by atoms with Crippen molar-refractivity contribution in [3.63, 3.8) is 0 Å². The number of nitrogens with zero attached hydrogens (tertiary/aromatic N) is 1. The minimum atomic E-state index is -2.17. The third-order valence-electron chi connectivity index (χ3n) is 5.39. The van der Waals surface area contributed by atoms with Gasteiger partial charge in [-0.25, -0.2) is 0 Å². The molecule has 0 amide bonds. The van der Waals surface area contributed by atoms with Gasteiger partial charge in [0.1, 0.15) is 5.75 Å². The molecule has 0 fully saturated rings. The second kappa shape index (κ2) is 8.63. The lowest BCUT2D eigenvalue weighted by atomic mass is 10.3. The zero-order valence-electron chi connectivity index (χ0n) is 17.6. The molecule has 4 rings (SSSR count). The molecule has 0 aliphatic carbocycles. The van der Waals surface area contributed by atoms with E-state index in [1.807, 2.05) is 19.1 Å². The first-order valence-electron chi connectivity index (χ1n) is 10.2. The SMILES string of the molecule is CCOc1ccc(-n2c(C)cc(P(=S)(c3ccccc3)c3ccccc3)c2C)cc1. The molecule has 3 aromatic carbocycles. The minimum Gasteiger partial charge on any atom is -0.494 e. The summed E-state index contributed by atoms with van der Waals surface area (Å²) in [4.78, 5) is 0. The Labute approximate surface area is 184 Å². The highest BCUT2D eigenvalue weighted by molar-refractivity contribution is 8.25. The van der Waals surface area contributed by atoms with E-state index >= 15 is 0 Å². The Hall–Kier alpha value is -2.61. The second-order valence-corrected chi connectivity index (χ2v) is 11.7. The van der Waals surface area contributed by atoms with Crippen molar-refractivity contribution >= 4 is 33.8 Å². The number of aryl methyl sites for hydroxylation is 1. The van der Waals surface area contributed by atoms with Gasteiger partial charge in [0.15, 0.2) is 0 Å². The van der Waals surface area contributed by atoms with Gasteiger partial charge in [-0.15, -0.1) is 0 Å². The van der Waals surface area contributed by atoms with Crippen LogP contribution in [0.25, 0.3) is 5.69 Å². The lowest BCUT2D eigenvalue weighted by Gasteiger charge is -2.24. The third-order valence-corrected chi connectivity index (χ3v) is 10.4. The van der Waals surface area contributed by atoms with Gasteiger partial charge in [0.05, 0.1) is 6.61 Å². The van der Waals surface area contributed by atoms with E-state index in [9.17, 15) is 0 Å². The van der Waals surface area contributed by atoms with Crippen molar-refractivity contribution in [3.8, 4) is 11.4 Å². The maximum Gasteiger partial charge on any atom is 0.119 e. The van der Waals surface area contributed by atoms with Crippen molar-refractivity contribution in [3.05, 3.63) is 102 Å². The number of benzene rings is 3. The van der Waals surface area contributed by atoms with E-state index < -0.39 is 6.04 Å². The van der Waals surface area contributed by atoms with Crippen molar-refractivity contribution in [2.75, 3.05) is 6.61 Å². The molecule has 0 aliphatic heterocycles. The molecular formula is C26H26NOPS. The lowest BCUT2D eigenvalue weighted by molar-refractivity contribution is 0.340. The van der Waals surface area contributed by atoms with Crippen LogP contribution in [0, 0.1) is 13.8 Å². The summed E-state index contributed by atoms with van der Waals surface area (Å²) in [5, 5.41) is 3.69. The van der Waals surface area contributed by atoms with E-state index in [1.54, 1.807) is 0 Å². The highest BCUT2D eigenvalue weighted by Crippen LogP contribution is 2.44. The Morgan fingerprint density at radius 1 is 0.800 bits per heavy atom. The summed E-state index contributed by atoms with van der Waals surface area (Å²) >= 11 is 6.54. The Balaban J connectivity index is 1.90. The predicted molar refractivity (Wildman–Crippen MR) is 132 cm³/mol. The molecule has 152 valence electrons. The molecular weight excluding hydrogens is 405 g/mol. The summed E-state index contributed by atoms with van der Waals surface area (Å²) < 4.78 is 7.92. The maximum atomic E-state index is 6.54. The summed E-state index contributed by atoms with van der Waals surface area (Å²) in [7, 11) is 0. The molecule has 0 bridgehead atoms. The summed E-state index contributed by atoms with van der Waals surface area (Å²) in [6, 6.07) is 29.6. The second-order valence-electron chi connectivity index (χ2n) is 7.30. The first-order valence-corrected chi connectivity index (χ1v) is 13.0. The average Bonchev–Trinajstić information content (AvgIpc) is 3.09. The third kappa shape index (κ3) is 3.64. The van der Waals surface area contributed by atoms with Crippen molar-refractivity contribution in [1.29, 1.82) is 0 Å². The van der Waals surface area contributed by atoms with Crippen molar-refractivity contribution in [1.82, 2.24) is 4.57 Å². The van der Waals surface area contributed by atoms with Gasteiger partial charge in [-0.05, 0) is 61.7 Å². The average molecular weight is 432 g/mol. The zero-order chi connectivity index (χ0) is 21.1. The lowest BCUT2D eigenvalue weighted by Crippen LogP contribution is -2.25. The highest BCUT2D eigenvalue weighted by Gasteiger charge is 2.29. The van der Waals surface area contributed by atoms with Crippen LogP contribution in [0.15, 0.2) is 91.0 Å². The smallest absolute Gasteiger partial charge is 0.119 e. The Morgan fingerprint density at radius 2 is 1.33 bits per heavy atom. The van der Waals surface area contributed by atoms with Gasteiger partial charge in [0.2, 0.25) is 0 Å². The molecule has 0 radical (unpaired) electrons. The highest BCUT2D eigenvalue weighted by atomic mass is 32.4. The topological polar surface area (TPSA) is 14.2 Å². The predicted octanol–water partition coefficient (Wildman–Crippen LogP) is 5.25. The van der Waals surface area contributed by atoms with Crippen molar-refractivity contribution in [2.45, 2.75) is 20.8 Å². The molecule has 0 N–H and O–H groups in total. The van der Waals surface area contributed by atoms with Crippen LogP contribution in [-0.2, 0) is 11.8 Å². The standard InChI is InChI=1S/C26H26NOPS/c1-4-28-23-17-15-22(16-18-23)27-20(2)19-26(21(27)3)29(30,24-11-7-5-8-12-24)25-13-9-6-10-14-25/h5-19H,4H2,1-3H3. The van der Waals surface area contributed by atoms with E-state index in [4.69, 9.17) is 16.5 Å². The Kier molecular flexibility index (Phi) is 5.94. The summed E-state index contributed by atoms with van der Waals surface area (Å²) in [6.45, 7) is 7.01. The fraction of sp³-hybridized carbons (Fsp3) is 0.154. The van der Waals surface area contributed by atoms with Crippen LogP contribution in [0.3, 0.4) is 0 Å². The molecule has 4 heteroatoms. The van der Waals surface area contributed by atoms with Crippen molar-refractivity contribution < 1.29 is 4.74 Å². The molecule has 0 spiro atoms. The number of aromatic nitrogens is 1. The summed E-state index contributed by atoms with van der Waals surface area (Å²) in [5.41, 5.74) is 3.52. The quantitative estimate of drug-likeness (QED) is 0.387. The van der Waals surface area contributed by atoms with Crippen LogP contribution < -0.4 is 20.7 Å². The fourth-order valence-corrected chi connectivity index (χ4v) is 8.27. The van der Waals surface area contributed by atoms with Crippen molar-refractivity contribution in [2.24, 2.45) is 0 Å². The summed E-state index contributed by atoms with van der Waals surface area (Å²) in [6.07, 6.45) is 0. The molecule has 0 saturated carbocycles. The van der Waals surface area contributed by atoms with Crippen LogP contribution in [0.2, 0.25) is 0 Å². The first kappa shape index (κ1) is 20.7. The fourth-order valence-electron chi connectivity index (χ4n) is 4.02. The van der Waals surface area contributed by atoms with Crippen LogP contribution in [0.5, 0.6) is 5.75 Å². The van der Waals surface area contributed by atoms with E-state index in [1.165, 1.54) is 27.3 Å². The number of hydrogen-bond acceptors (Lipinski definition) is 2. The van der Waals surface area contributed by atoms with Crippen LogP contribution in [0.4, 0.5) is 0 Å². The van der Waals surface area contributed by atoms with Crippen LogP contribution >= 0.6 is 6.04 Å². The molecule has 1 aromatic heterocycles. The minimum absolute atomic E-state index is 0.669. The molecule has 0 atom stereocenters. The molecule has 2 nitrogen and oxygen atoms in total. The zero-order valence-corrected chi connectivity index (χ0v) is 19.3. The molecule has 4 aromatic rings. The maximum absolute atomic E-state index is 6.54. The van der Waals surface area contributed by atoms with E-state index in [0.29, 0.717) is 6.61 Å².